The molecule has 0 aliphatic carbocycles. The summed E-state index contributed by atoms with van der Waals surface area (Å²) < 4.78 is 27.6. The van der Waals surface area contributed by atoms with Crippen LogP contribution in [0.4, 0.5) is 8.78 Å². The molecule has 44 heavy (non-hydrogen) atoms. The number of nitrogens with zero attached hydrogens (tertiary/aromatic N) is 1. The molecule has 0 bridgehead atoms. The van der Waals surface area contributed by atoms with E-state index in [9.17, 15) is 13.6 Å². The Morgan fingerprint density at radius 2 is 1.48 bits per heavy atom. The van der Waals surface area contributed by atoms with Crippen LogP contribution in [0.5, 0.6) is 0 Å². The van der Waals surface area contributed by atoms with E-state index in [0.29, 0.717) is 19.3 Å². The summed E-state index contributed by atoms with van der Waals surface area (Å²) >= 11 is 6.07. The summed E-state index contributed by atoms with van der Waals surface area (Å²) in [5.74, 6) is -0.368. The third-order valence-corrected chi connectivity index (χ3v) is 9.50. The summed E-state index contributed by atoms with van der Waals surface area (Å²) in [5, 5.41) is 0.198. The molecule has 2 nitrogen and oxygen atoms in total. The number of fused-ring (bicyclic) bond motifs is 1. The number of hydrogen-bond donors (Lipinski definition) is 0. The molecule has 4 aromatic carbocycles. The lowest BCUT2D eigenvalue weighted by Gasteiger charge is -2.39. The van der Waals surface area contributed by atoms with Crippen LogP contribution in [0.3, 0.4) is 0 Å². The van der Waals surface area contributed by atoms with Crippen LogP contribution < -0.4 is 0 Å². The Labute approximate surface area is 271 Å². The summed E-state index contributed by atoms with van der Waals surface area (Å²) in [6.45, 7) is 3.98. The largest absolute Gasteiger partial charge is 0.300 e. The lowest BCUT2D eigenvalue weighted by atomic mass is 9.68. The monoisotopic (exact) mass is 635 g/mol. The van der Waals surface area contributed by atoms with Crippen molar-refractivity contribution < 1.29 is 13.6 Å². The molecule has 1 aliphatic rings. The van der Waals surface area contributed by atoms with E-state index in [-0.39, 0.29) is 46.3 Å². The molecule has 0 amide bonds. The zero-order valence-electron chi connectivity index (χ0n) is 25.3. The smallest absolute Gasteiger partial charge is 0.142 e. The SMILES string of the molecule is CC1c2cc(F)c(Cl)cc2CCN1CCCC(CCCC(=O)CCc1ccc(F)cc1)(c1ccccc1)c1ccccc1.Cl. The highest BCUT2D eigenvalue weighted by Gasteiger charge is 2.34. The minimum atomic E-state index is -0.353. The minimum absolute atomic E-state index is 0. The van der Waals surface area contributed by atoms with Crippen molar-refractivity contribution in [3.05, 3.63) is 142 Å². The molecule has 0 fully saturated rings. The van der Waals surface area contributed by atoms with Crippen molar-refractivity contribution in [2.75, 3.05) is 13.1 Å². The van der Waals surface area contributed by atoms with E-state index in [2.05, 4.69) is 72.5 Å². The second-order valence-corrected chi connectivity index (χ2v) is 12.3. The molecular weight excluding hydrogens is 595 g/mol. The Morgan fingerprint density at radius 3 is 2.11 bits per heavy atom. The molecule has 0 N–H and O–H groups in total. The van der Waals surface area contributed by atoms with Crippen LogP contribution in [0, 0.1) is 11.6 Å². The average molecular weight is 637 g/mol. The van der Waals surface area contributed by atoms with Gasteiger partial charge in [-0.25, -0.2) is 8.78 Å². The van der Waals surface area contributed by atoms with Crippen molar-refractivity contribution in [2.24, 2.45) is 0 Å². The van der Waals surface area contributed by atoms with Crippen molar-refractivity contribution in [3.8, 4) is 0 Å². The maximum absolute atomic E-state index is 14.3. The minimum Gasteiger partial charge on any atom is -0.300 e. The van der Waals surface area contributed by atoms with Gasteiger partial charge in [0.25, 0.3) is 0 Å². The quantitative estimate of drug-likeness (QED) is 0.146. The molecular formula is C38H41Cl2F2NO. The van der Waals surface area contributed by atoms with E-state index in [0.717, 1.165) is 61.9 Å². The van der Waals surface area contributed by atoms with E-state index < -0.39 is 0 Å². The van der Waals surface area contributed by atoms with Crippen molar-refractivity contribution >= 4 is 29.8 Å². The van der Waals surface area contributed by atoms with Crippen molar-refractivity contribution in [2.45, 2.75) is 69.7 Å². The Bertz CT molecular complexity index is 1460. The molecule has 1 aliphatic heterocycles. The van der Waals surface area contributed by atoms with Crippen molar-refractivity contribution in [1.29, 1.82) is 0 Å². The standard InChI is InChI=1S/C38H40ClF2NO.ClH/c1-28-35-27-37(41)36(39)26-30(35)21-25-42(28)24-9-23-38(31-10-4-2-5-11-31,32-12-6-3-7-13-32)22-8-14-34(43)20-17-29-15-18-33(40)19-16-29;/h2-7,10-13,15-16,18-19,26-28H,8-9,14,17,20-25H2,1H3;1H. The Hall–Kier alpha value is -3.05. The average Bonchev–Trinajstić information content (AvgIpc) is 3.03. The number of carbonyl (C=O) groups is 1. The second kappa shape index (κ2) is 15.8. The topological polar surface area (TPSA) is 20.3 Å². The number of benzene rings is 4. The summed E-state index contributed by atoms with van der Waals surface area (Å²) in [7, 11) is 0. The first-order chi connectivity index (χ1) is 20.9. The lowest BCUT2D eigenvalue weighted by Crippen LogP contribution is -2.36. The van der Waals surface area contributed by atoms with Crippen LogP contribution in [0.25, 0.3) is 0 Å². The van der Waals surface area contributed by atoms with Gasteiger partial charge in [-0.1, -0.05) is 84.4 Å². The van der Waals surface area contributed by atoms with E-state index in [1.807, 2.05) is 0 Å². The molecule has 232 valence electrons. The fourth-order valence-corrected chi connectivity index (χ4v) is 6.97. The van der Waals surface area contributed by atoms with Gasteiger partial charge in [0, 0.05) is 30.8 Å². The maximum Gasteiger partial charge on any atom is 0.142 e. The van der Waals surface area contributed by atoms with Crippen LogP contribution in [0.15, 0.2) is 97.1 Å². The molecule has 0 radical (unpaired) electrons. The maximum atomic E-state index is 14.3. The number of hydrogen-bond acceptors (Lipinski definition) is 2. The Balaban J connectivity index is 0.00000442. The van der Waals surface area contributed by atoms with Crippen molar-refractivity contribution in [3.63, 3.8) is 0 Å². The normalized spacial score (nSPS) is 15.0. The number of halogens is 4. The molecule has 1 atom stereocenters. The molecule has 0 saturated heterocycles. The van der Waals surface area contributed by atoms with Gasteiger partial charge in [0.2, 0.25) is 0 Å². The van der Waals surface area contributed by atoms with Gasteiger partial charge < -0.3 is 0 Å². The molecule has 1 unspecified atom stereocenters. The number of carbonyl (C=O) groups excluding carboxylic acids is 1. The fourth-order valence-electron chi connectivity index (χ4n) is 6.78. The number of aryl methyl sites for hydroxylation is 1. The number of ketones is 1. The highest BCUT2D eigenvalue weighted by molar-refractivity contribution is 6.30. The van der Waals surface area contributed by atoms with Gasteiger partial charge in [0.15, 0.2) is 0 Å². The van der Waals surface area contributed by atoms with Crippen LogP contribution in [0.1, 0.15) is 79.3 Å². The lowest BCUT2D eigenvalue weighted by molar-refractivity contribution is -0.119. The number of Topliss-reactive ketones (excluding diaryl/α,β-unsaturated/α-hetero) is 1. The first kappa shape index (κ1) is 33.8. The van der Waals surface area contributed by atoms with Crippen LogP contribution in [0.2, 0.25) is 5.02 Å². The zero-order chi connectivity index (χ0) is 30.2. The Kier molecular flexibility index (Phi) is 12.1. The van der Waals surface area contributed by atoms with Crippen LogP contribution in [-0.2, 0) is 23.1 Å². The molecule has 5 rings (SSSR count). The van der Waals surface area contributed by atoms with E-state index in [1.54, 1.807) is 24.3 Å². The first-order valence-electron chi connectivity index (χ1n) is 15.4. The third-order valence-electron chi connectivity index (χ3n) is 9.21. The summed E-state index contributed by atoms with van der Waals surface area (Å²) in [6.07, 6.45) is 6.06. The Morgan fingerprint density at radius 1 is 0.864 bits per heavy atom. The third kappa shape index (κ3) is 8.15. The summed E-state index contributed by atoms with van der Waals surface area (Å²) in [5.41, 5.74) is 5.48. The molecule has 1 heterocycles. The zero-order valence-corrected chi connectivity index (χ0v) is 26.9. The van der Waals surface area contributed by atoms with Gasteiger partial charge in [-0.05, 0) is 104 Å². The van der Waals surface area contributed by atoms with Crippen LogP contribution >= 0.6 is 24.0 Å². The summed E-state index contributed by atoms with van der Waals surface area (Å²) in [6, 6.07) is 31.3. The van der Waals surface area contributed by atoms with Gasteiger partial charge in [-0.3, -0.25) is 9.69 Å². The van der Waals surface area contributed by atoms with Gasteiger partial charge in [-0.15, -0.1) is 12.4 Å². The van der Waals surface area contributed by atoms with E-state index >= 15 is 0 Å². The molecule has 4 aromatic rings. The van der Waals surface area contributed by atoms with Gasteiger partial charge in [0.05, 0.1) is 5.02 Å². The van der Waals surface area contributed by atoms with Gasteiger partial charge in [0.1, 0.15) is 17.4 Å². The molecule has 6 heteroatoms. The van der Waals surface area contributed by atoms with E-state index in [4.69, 9.17) is 11.6 Å². The first-order valence-corrected chi connectivity index (χ1v) is 15.8. The number of rotatable bonds is 13. The molecule has 0 saturated carbocycles. The molecule has 0 aromatic heterocycles. The second-order valence-electron chi connectivity index (χ2n) is 11.9. The van der Waals surface area contributed by atoms with Gasteiger partial charge >= 0.3 is 0 Å². The predicted octanol–water partition coefficient (Wildman–Crippen LogP) is 10.1. The van der Waals surface area contributed by atoms with Crippen molar-refractivity contribution in [1.82, 2.24) is 4.90 Å². The van der Waals surface area contributed by atoms with Gasteiger partial charge in [-0.2, -0.15) is 0 Å². The molecule has 0 spiro atoms. The van der Waals surface area contributed by atoms with E-state index in [1.165, 1.54) is 23.3 Å². The highest BCUT2D eigenvalue weighted by Crippen LogP contribution is 2.42. The predicted molar refractivity (Wildman–Crippen MR) is 179 cm³/mol. The summed E-state index contributed by atoms with van der Waals surface area (Å²) in [4.78, 5) is 15.4. The van der Waals surface area contributed by atoms with Crippen LogP contribution in [-0.4, -0.2) is 23.8 Å². The highest BCUT2D eigenvalue weighted by atomic mass is 35.5. The fraction of sp³-hybridized carbons (Fsp3) is 0.342.